The first kappa shape index (κ1) is 65.2. The van der Waals surface area contributed by atoms with E-state index in [1.165, 1.54) is 39.2 Å². The molecule has 29 heteroatoms. The molecule has 4 N–H and O–H groups in total. The lowest BCUT2D eigenvalue weighted by atomic mass is 10.0. The maximum atomic E-state index is 13.7. The molecule has 23 nitrogen and oxygen atoms in total. The number of fused-ring (bicyclic) bond motifs is 4. The van der Waals surface area contributed by atoms with Crippen LogP contribution in [0.4, 0.5) is 11.6 Å². The summed E-state index contributed by atoms with van der Waals surface area (Å²) in [6.45, 7) is 6.26. The summed E-state index contributed by atoms with van der Waals surface area (Å²) in [4.78, 5) is 101. The van der Waals surface area contributed by atoms with Crippen LogP contribution in [-0.2, 0) is 54.6 Å². The highest BCUT2D eigenvalue weighted by molar-refractivity contribution is 9.10. The summed E-state index contributed by atoms with van der Waals surface area (Å²) in [6, 6.07) is 18.9. The van der Waals surface area contributed by atoms with Crippen molar-refractivity contribution in [1.82, 2.24) is 59.7 Å². The molecule has 2 aliphatic heterocycles. The third kappa shape index (κ3) is 15.0. The number of aromatic nitrogens is 10. The fourth-order valence-electron chi connectivity index (χ4n) is 10.2. The molecule has 4 aliphatic rings. The van der Waals surface area contributed by atoms with Gasteiger partial charge in [0.05, 0.1) is 31.3 Å². The van der Waals surface area contributed by atoms with E-state index < -0.39 is 12.0 Å². The standard InChI is InChI=1S/C28H26BrN7O4.C16H14N4O4.C12H14BrN3O.ClH.S2.H2S/c1-14-4-7-23(29)32-26(14)33-27(39)22-10-17-9-21(17)36(22)24(38)13-35-20-6-5-16(8-19(20)25(34-35)15(2)37)18-11-30-28(40-3)31-12-18;1-9(21)15-12-5-10(11-6-17-16(24-2)18-7-11)3-4-13(12)20(19-15)8-14(22)23;1-6-2-3-10(13)15-11(6)16-12(17)9-5-7-4-8(7)14-9;;1-2;/h4-8,11-12,17,21-22H,9-10,13H2,1-3H3,(H,32,33,39);3-7H,8H2,1-2H3,(H,22,23);2-3,7-9,14H,4-5H2,1H3,(H,15,16,17);1H;;1H2/t17-,21-,22+;;7-,8-,9+;;;/m1.1.../s1. The zero-order valence-electron chi connectivity index (χ0n) is 46.4. The number of aryl methyl sites for hydroxylation is 2. The summed E-state index contributed by atoms with van der Waals surface area (Å²) in [7, 11) is 2.98. The fourth-order valence-corrected chi connectivity index (χ4v) is 10.8. The van der Waals surface area contributed by atoms with Crippen LogP contribution in [0.2, 0.25) is 0 Å². The van der Waals surface area contributed by atoms with Gasteiger partial charge in [-0.2, -0.15) is 23.7 Å². The van der Waals surface area contributed by atoms with E-state index in [1.807, 2.05) is 56.3 Å². The maximum absolute atomic E-state index is 13.7. The van der Waals surface area contributed by atoms with Crippen LogP contribution in [0.1, 0.15) is 71.6 Å². The molecule has 444 valence electrons. The van der Waals surface area contributed by atoms with E-state index >= 15 is 0 Å². The summed E-state index contributed by atoms with van der Waals surface area (Å²) in [5.41, 5.74) is 6.65. The number of rotatable bonds is 14. The van der Waals surface area contributed by atoms with E-state index in [2.05, 4.69) is 110 Å². The third-order valence-electron chi connectivity index (χ3n) is 14.5. The number of pyridine rings is 2. The predicted molar refractivity (Wildman–Crippen MR) is 336 cm³/mol. The lowest BCUT2D eigenvalue weighted by Gasteiger charge is -2.27. The van der Waals surface area contributed by atoms with Crippen LogP contribution in [0.25, 0.3) is 44.1 Å². The number of aliphatic carboxylic acids is 1. The molecule has 2 saturated carbocycles. The Balaban J connectivity index is 0.000000195. The van der Waals surface area contributed by atoms with Gasteiger partial charge in [-0.25, -0.2) is 29.9 Å². The highest BCUT2D eigenvalue weighted by Crippen LogP contribution is 2.48. The number of nitrogens with zero attached hydrogens (tertiary/aromatic N) is 11. The van der Waals surface area contributed by atoms with Crippen molar-refractivity contribution < 1.29 is 43.3 Å². The number of carboxylic acids is 1. The first-order valence-corrected chi connectivity index (χ1v) is 28.9. The Morgan fingerprint density at radius 3 is 1.55 bits per heavy atom. The quantitative estimate of drug-likeness (QED) is 0.0593. The second kappa shape index (κ2) is 28.2. The number of anilines is 2. The lowest BCUT2D eigenvalue weighted by molar-refractivity contribution is -0.138. The van der Waals surface area contributed by atoms with Gasteiger partial charge in [0, 0.05) is 95.0 Å². The number of benzene rings is 2. The van der Waals surface area contributed by atoms with E-state index in [0.29, 0.717) is 56.4 Å². The van der Waals surface area contributed by atoms with Crippen molar-refractivity contribution in [2.24, 2.45) is 11.8 Å². The largest absolute Gasteiger partial charge is 0.480 e. The molecule has 0 unspecified atom stereocenters. The Labute approximate surface area is 527 Å². The molecule has 0 radical (unpaired) electrons. The van der Waals surface area contributed by atoms with Gasteiger partial charge in [-0.15, -0.1) is 12.4 Å². The zero-order valence-corrected chi connectivity index (χ0v) is 53.0. The summed E-state index contributed by atoms with van der Waals surface area (Å²) < 4.78 is 14.2. The molecule has 2 aromatic carbocycles. The number of likely N-dealkylation sites (tertiary alicyclic amines) is 1. The minimum absolute atomic E-state index is 0. The number of carbonyl (C=O) groups is 6. The van der Waals surface area contributed by atoms with Gasteiger partial charge < -0.3 is 35.4 Å². The fraction of sp³-hybridized carbons (Fsp3) is 0.321. The molecular weight excluding hydrogens is 1300 g/mol. The number of nitrogens with one attached hydrogen (secondary N) is 3. The number of hydrogen-bond acceptors (Lipinski definition) is 19. The number of methoxy groups -OCH3 is 2. The van der Waals surface area contributed by atoms with Gasteiger partial charge in [0.25, 0.3) is 0 Å². The van der Waals surface area contributed by atoms with Crippen LogP contribution in [0.3, 0.4) is 0 Å². The molecule has 4 fully saturated rings. The van der Waals surface area contributed by atoms with Crippen molar-refractivity contribution in [3.8, 4) is 34.3 Å². The van der Waals surface area contributed by atoms with E-state index in [4.69, 9.17) is 14.6 Å². The second-order valence-electron chi connectivity index (χ2n) is 20.1. The predicted octanol–water partition coefficient (Wildman–Crippen LogP) is 7.96. The van der Waals surface area contributed by atoms with Crippen molar-refractivity contribution in [2.75, 3.05) is 24.9 Å². The van der Waals surface area contributed by atoms with Crippen LogP contribution in [0.15, 0.2) is 94.7 Å². The zero-order chi connectivity index (χ0) is 59.4. The SMILES string of the molecule is COc1ncc(-c2ccc3c(c2)c(C(C)=O)nn3CC(=O)N2[C@@H]3C[C@@H]3C[C@H]2C(=O)Nc2nc(Br)ccc2C)cn1.COc1ncc(-c2ccc3c(c2)c(C(C)=O)nn3CC(=O)O)cn1.Cc1ccc(Br)nc1NC(=O)[C@@H]1C[C@H]2C[C@H]2N1.Cl.S.S=S. The molecular formula is C56H57Br2ClN14O9S3. The van der Waals surface area contributed by atoms with Crippen LogP contribution < -0.4 is 25.4 Å². The Morgan fingerprint density at radius 1 is 0.647 bits per heavy atom. The Hall–Kier alpha value is -7.34. The number of Topliss-reactive ketones (excluding diaryl/α,β-unsaturated/α-hetero) is 2. The smallest absolute Gasteiger partial charge is 0.325 e. The molecule has 0 spiro atoms. The first-order valence-electron chi connectivity index (χ1n) is 26.0. The number of halogens is 3. The molecule has 2 saturated heterocycles. The van der Waals surface area contributed by atoms with Crippen molar-refractivity contribution in [3.05, 3.63) is 117 Å². The number of amides is 3. The summed E-state index contributed by atoms with van der Waals surface area (Å²) >= 11 is 14.0. The van der Waals surface area contributed by atoms with Gasteiger partial charge in [-0.1, -0.05) is 24.3 Å². The summed E-state index contributed by atoms with van der Waals surface area (Å²) in [5, 5.41) is 28.0. The monoisotopic (exact) mass is 1360 g/mol. The number of ether oxygens (including phenoxy) is 2. The number of ketones is 2. The van der Waals surface area contributed by atoms with Crippen molar-refractivity contribution in [2.45, 2.75) is 90.6 Å². The number of piperidine rings is 2. The van der Waals surface area contributed by atoms with Gasteiger partial charge in [0.1, 0.15) is 51.4 Å². The average Bonchev–Trinajstić information content (AvgIpc) is 2.20. The van der Waals surface area contributed by atoms with Crippen molar-refractivity contribution in [3.63, 3.8) is 0 Å². The van der Waals surface area contributed by atoms with Gasteiger partial charge >= 0.3 is 18.0 Å². The molecule has 3 amide bonds. The minimum Gasteiger partial charge on any atom is -0.480 e. The molecule has 8 aromatic rings. The van der Waals surface area contributed by atoms with Gasteiger partial charge in [0.15, 0.2) is 11.6 Å². The summed E-state index contributed by atoms with van der Waals surface area (Å²) in [5.74, 6) is 0.250. The molecule has 0 bridgehead atoms. The maximum Gasteiger partial charge on any atom is 0.325 e. The highest BCUT2D eigenvalue weighted by atomic mass is 79.9. The van der Waals surface area contributed by atoms with Crippen LogP contribution in [0, 0.1) is 25.7 Å². The van der Waals surface area contributed by atoms with E-state index in [1.54, 1.807) is 52.6 Å². The Morgan fingerprint density at radius 2 is 1.12 bits per heavy atom. The molecule has 8 heterocycles. The minimum atomic E-state index is -1.03. The lowest BCUT2D eigenvalue weighted by Crippen LogP contribution is -2.47. The molecule has 12 rings (SSSR count). The van der Waals surface area contributed by atoms with Crippen LogP contribution in [0.5, 0.6) is 12.0 Å². The average molecular weight is 1360 g/mol. The summed E-state index contributed by atoms with van der Waals surface area (Å²) in [6.07, 6.45) is 10.2. The van der Waals surface area contributed by atoms with Gasteiger partial charge in [-0.05, 0) is 142 Å². The van der Waals surface area contributed by atoms with Gasteiger partial charge in [0.2, 0.25) is 17.7 Å². The molecule has 6 atom stereocenters. The topological polar surface area (TPSA) is 293 Å². The van der Waals surface area contributed by atoms with E-state index in [0.717, 1.165) is 56.7 Å². The van der Waals surface area contributed by atoms with E-state index in [-0.39, 0.29) is 104 Å². The molecule has 6 aromatic heterocycles. The number of carbonyl (C=O) groups excluding carboxylic acids is 5. The van der Waals surface area contributed by atoms with Crippen molar-refractivity contribution >= 4 is 149 Å². The second-order valence-corrected chi connectivity index (χ2v) is 21.8. The van der Waals surface area contributed by atoms with Crippen LogP contribution >= 0.6 is 57.8 Å². The number of hydrogen-bond donors (Lipinski definition) is 4. The highest BCUT2D eigenvalue weighted by Gasteiger charge is 2.56. The first-order chi connectivity index (χ1) is 39.8. The third-order valence-corrected chi connectivity index (χ3v) is 15.4. The Kier molecular flexibility index (Phi) is 21.7. The molecule has 2 aliphatic carbocycles. The Bertz CT molecular complexity index is 3830. The normalized spacial score (nSPS) is 18.2. The van der Waals surface area contributed by atoms with Crippen LogP contribution in [-0.4, -0.2) is 133 Å². The number of carboxylic acid groups (broad SMARTS) is 1. The van der Waals surface area contributed by atoms with Gasteiger partial charge in [-0.3, -0.25) is 38.1 Å². The van der Waals surface area contributed by atoms with Crippen molar-refractivity contribution in [1.29, 1.82) is 0 Å². The molecule has 85 heavy (non-hydrogen) atoms. The van der Waals surface area contributed by atoms with E-state index in [9.17, 15) is 28.8 Å².